The highest BCUT2D eigenvalue weighted by atomic mass is 16.5. The van der Waals surface area contributed by atoms with Gasteiger partial charge in [0.25, 0.3) is 0 Å². The average molecular weight is 453 g/mol. The number of unbranched alkanes of at least 4 members (excludes halogenated alkanes) is 7. The summed E-state index contributed by atoms with van der Waals surface area (Å²) in [7, 11) is 0. The van der Waals surface area contributed by atoms with Gasteiger partial charge in [-0.2, -0.15) is 0 Å². The lowest BCUT2D eigenvalue weighted by Gasteiger charge is -2.15. The zero-order valence-electron chi connectivity index (χ0n) is 21.8. The molecule has 0 N–H and O–H groups in total. The van der Waals surface area contributed by atoms with Crippen LogP contribution in [0.3, 0.4) is 0 Å². The second kappa shape index (κ2) is 16.6. The number of ether oxygens (including phenoxy) is 2. The second-order valence-electron chi connectivity index (χ2n) is 9.74. The van der Waals surface area contributed by atoms with E-state index >= 15 is 0 Å². The Labute approximate surface area is 204 Å². The van der Waals surface area contributed by atoms with Crippen molar-refractivity contribution in [3.63, 3.8) is 0 Å². The molecule has 0 saturated carbocycles. The Kier molecular flexibility index (Phi) is 13.7. The van der Waals surface area contributed by atoms with E-state index in [9.17, 15) is 0 Å². The first-order valence-electron chi connectivity index (χ1n) is 13.6. The molecule has 0 spiro atoms. The van der Waals surface area contributed by atoms with Crippen LogP contribution in [-0.2, 0) is 0 Å². The number of hydrogen-bond donors (Lipinski definition) is 0. The molecular weight excluding hydrogens is 404 g/mol. The monoisotopic (exact) mass is 452 g/mol. The molecule has 2 aromatic carbocycles. The molecule has 2 aromatic rings. The van der Waals surface area contributed by atoms with Crippen LogP contribution in [0.25, 0.3) is 11.1 Å². The van der Waals surface area contributed by atoms with Crippen molar-refractivity contribution in [2.24, 2.45) is 5.92 Å². The third-order valence-electron chi connectivity index (χ3n) is 6.65. The largest absolute Gasteiger partial charge is 0.494 e. The van der Waals surface area contributed by atoms with Crippen molar-refractivity contribution in [2.45, 2.75) is 111 Å². The molecule has 184 valence electrons. The molecule has 0 saturated heterocycles. The van der Waals surface area contributed by atoms with Crippen molar-refractivity contribution in [1.29, 1.82) is 0 Å². The van der Waals surface area contributed by atoms with Crippen molar-refractivity contribution in [1.82, 2.24) is 0 Å². The van der Waals surface area contributed by atoms with E-state index in [-0.39, 0.29) is 6.10 Å². The van der Waals surface area contributed by atoms with Crippen LogP contribution in [0.1, 0.15) is 105 Å². The predicted octanol–water partition coefficient (Wildman–Crippen LogP) is 9.86. The van der Waals surface area contributed by atoms with Gasteiger partial charge in [0.05, 0.1) is 12.7 Å². The molecule has 0 fully saturated rings. The first-order valence-corrected chi connectivity index (χ1v) is 13.6. The summed E-state index contributed by atoms with van der Waals surface area (Å²) < 4.78 is 12.0. The minimum Gasteiger partial charge on any atom is -0.494 e. The van der Waals surface area contributed by atoms with Gasteiger partial charge in [-0.15, -0.1) is 0 Å². The number of benzene rings is 2. The van der Waals surface area contributed by atoms with Crippen LogP contribution >= 0.6 is 0 Å². The van der Waals surface area contributed by atoms with Gasteiger partial charge in [-0.1, -0.05) is 103 Å². The van der Waals surface area contributed by atoms with Crippen molar-refractivity contribution < 1.29 is 9.47 Å². The van der Waals surface area contributed by atoms with Crippen molar-refractivity contribution >= 4 is 0 Å². The third kappa shape index (κ3) is 11.6. The van der Waals surface area contributed by atoms with E-state index in [2.05, 4.69) is 76.2 Å². The Morgan fingerprint density at radius 1 is 0.606 bits per heavy atom. The molecule has 2 rings (SSSR count). The molecule has 0 amide bonds. The van der Waals surface area contributed by atoms with Crippen LogP contribution in [0.2, 0.25) is 0 Å². The van der Waals surface area contributed by atoms with E-state index in [1.807, 2.05) is 0 Å². The Balaban J connectivity index is 1.65. The molecular formula is C31H48O2. The first-order chi connectivity index (χ1) is 16.1. The Hall–Kier alpha value is -1.96. The molecule has 33 heavy (non-hydrogen) atoms. The SMILES string of the molecule is CCCCCC[C@@H](C)Oc1ccc(-c2ccc(OCCCCCCCC(C)CC)cc2)cc1. The zero-order valence-corrected chi connectivity index (χ0v) is 21.8. The Morgan fingerprint density at radius 2 is 1.15 bits per heavy atom. The van der Waals surface area contributed by atoms with Crippen LogP contribution in [0.4, 0.5) is 0 Å². The lowest BCUT2D eigenvalue weighted by atomic mass is 10.0. The van der Waals surface area contributed by atoms with Gasteiger partial charge < -0.3 is 9.47 Å². The molecule has 0 radical (unpaired) electrons. The van der Waals surface area contributed by atoms with Crippen LogP contribution in [0.5, 0.6) is 11.5 Å². The van der Waals surface area contributed by atoms with Crippen LogP contribution in [0, 0.1) is 5.92 Å². The van der Waals surface area contributed by atoms with Gasteiger partial charge in [0.15, 0.2) is 0 Å². The highest BCUT2D eigenvalue weighted by Gasteiger charge is 2.05. The maximum absolute atomic E-state index is 6.09. The summed E-state index contributed by atoms with van der Waals surface area (Å²) >= 11 is 0. The minimum absolute atomic E-state index is 0.272. The van der Waals surface area contributed by atoms with Gasteiger partial charge in [-0.3, -0.25) is 0 Å². The van der Waals surface area contributed by atoms with E-state index in [0.717, 1.165) is 36.9 Å². The van der Waals surface area contributed by atoms with Gasteiger partial charge in [0, 0.05) is 0 Å². The highest BCUT2D eigenvalue weighted by molar-refractivity contribution is 5.64. The normalized spacial score (nSPS) is 13.0. The van der Waals surface area contributed by atoms with Gasteiger partial charge in [-0.25, -0.2) is 0 Å². The summed E-state index contributed by atoms with van der Waals surface area (Å²) in [5.74, 6) is 2.81. The Bertz CT molecular complexity index is 720. The fraction of sp³-hybridized carbons (Fsp3) is 0.613. The molecule has 0 aliphatic rings. The molecule has 0 aromatic heterocycles. The van der Waals surface area contributed by atoms with E-state index in [1.54, 1.807) is 0 Å². The van der Waals surface area contributed by atoms with Gasteiger partial charge in [0.2, 0.25) is 0 Å². The van der Waals surface area contributed by atoms with E-state index in [4.69, 9.17) is 9.47 Å². The van der Waals surface area contributed by atoms with Crippen LogP contribution in [0.15, 0.2) is 48.5 Å². The molecule has 0 heterocycles. The average Bonchev–Trinajstić information content (AvgIpc) is 2.84. The van der Waals surface area contributed by atoms with Crippen molar-refractivity contribution in [3.8, 4) is 22.6 Å². The lowest BCUT2D eigenvalue weighted by molar-refractivity contribution is 0.206. The summed E-state index contributed by atoms with van der Waals surface area (Å²) in [6.07, 6.45) is 15.7. The maximum atomic E-state index is 6.09. The summed E-state index contributed by atoms with van der Waals surface area (Å²) in [6.45, 7) is 9.89. The van der Waals surface area contributed by atoms with Crippen LogP contribution in [-0.4, -0.2) is 12.7 Å². The summed E-state index contributed by atoms with van der Waals surface area (Å²) in [4.78, 5) is 0. The van der Waals surface area contributed by atoms with Crippen molar-refractivity contribution in [3.05, 3.63) is 48.5 Å². The quantitative estimate of drug-likeness (QED) is 0.209. The Morgan fingerprint density at radius 3 is 1.79 bits per heavy atom. The van der Waals surface area contributed by atoms with Crippen LogP contribution < -0.4 is 9.47 Å². The van der Waals surface area contributed by atoms with Gasteiger partial charge >= 0.3 is 0 Å². The molecule has 0 bridgehead atoms. The maximum Gasteiger partial charge on any atom is 0.119 e. The second-order valence-corrected chi connectivity index (χ2v) is 9.74. The molecule has 0 aliphatic carbocycles. The zero-order chi connectivity index (χ0) is 23.7. The first kappa shape index (κ1) is 27.3. The minimum atomic E-state index is 0.272. The smallest absolute Gasteiger partial charge is 0.119 e. The third-order valence-corrected chi connectivity index (χ3v) is 6.65. The summed E-state index contributed by atoms with van der Waals surface area (Å²) in [5.41, 5.74) is 2.42. The van der Waals surface area contributed by atoms with E-state index in [0.29, 0.717) is 0 Å². The van der Waals surface area contributed by atoms with Crippen molar-refractivity contribution in [2.75, 3.05) is 6.61 Å². The molecule has 2 heteroatoms. The molecule has 1 unspecified atom stereocenters. The molecule has 0 aliphatic heterocycles. The predicted molar refractivity (Wildman–Crippen MR) is 143 cm³/mol. The summed E-state index contributed by atoms with van der Waals surface area (Å²) in [5, 5.41) is 0. The number of rotatable bonds is 18. The van der Waals surface area contributed by atoms with Gasteiger partial charge in [0.1, 0.15) is 11.5 Å². The standard InChI is InChI=1S/C31H48O2/c1-5-7-8-13-16-27(4)33-31-23-19-29(20-24-31)28-17-21-30(22-18-28)32-25-14-11-9-10-12-15-26(3)6-2/h17-24,26-27H,5-16,25H2,1-4H3/t26?,27-/m1/s1. The fourth-order valence-corrected chi connectivity index (χ4v) is 4.14. The van der Waals surface area contributed by atoms with E-state index in [1.165, 1.54) is 75.3 Å². The van der Waals surface area contributed by atoms with Gasteiger partial charge in [-0.05, 0) is 67.5 Å². The number of hydrogen-bond acceptors (Lipinski definition) is 2. The van der Waals surface area contributed by atoms with E-state index < -0.39 is 0 Å². The summed E-state index contributed by atoms with van der Waals surface area (Å²) in [6, 6.07) is 16.9. The fourth-order valence-electron chi connectivity index (χ4n) is 4.14. The molecule has 2 nitrogen and oxygen atoms in total. The topological polar surface area (TPSA) is 18.5 Å². The highest BCUT2D eigenvalue weighted by Crippen LogP contribution is 2.25. The lowest BCUT2D eigenvalue weighted by Crippen LogP contribution is -2.11. The molecule has 2 atom stereocenters.